The second-order valence-electron chi connectivity index (χ2n) is 13.4. The first-order valence-corrected chi connectivity index (χ1v) is 18.0. The van der Waals surface area contributed by atoms with E-state index in [1.165, 1.54) is 5.56 Å². The van der Waals surface area contributed by atoms with Gasteiger partial charge in [0.05, 0.1) is 0 Å². The molecule has 0 fully saturated rings. The molecule has 0 N–H and O–H groups in total. The Bertz CT molecular complexity index is 2980. The van der Waals surface area contributed by atoms with Crippen molar-refractivity contribution in [3.8, 4) is 45.3 Å². The molecular formula is C48H33N3O2. The highest BCUT2D eigenvalue weighted by molar-refractivity contribution is 6.13. The lowest BCUT2D eigenvalue weighted by atomic mass is 9.94. The standard InChI is InChI=1S/C48H33N3O2/c1-2-3-4-17-32-28-30-15-5-6-16-31(30)29-39(32)48-50-46(49-47(51-48)38-23-14-27-43-45(38)37-21-10-12-25-41(37)53-43)35-19-8-7-18-33(35)34-22-13-26-42-44(34)36-20-9-11-24-40(36)52-42/h2-9,11-20,22-29H,10,21H2,1H3/b3-2-,17-4-. The number of furan rings is 2. The van der Waals surface area contributed by atoms with Gasteiger partial charge in [0.2, 0.25) is 0 Å². The summed E-state index contributed by atoms with van der Waals surface area (Å²) in [7, 11) is 0. The van der Waals surface area contributed by atoms with Crippen LogP contribution in [0, 0.1) is 0 Å². The molecule has 10 rings (SSSR count). The van der Waals surface area contributed by atoms with Gasteiger partial charge in [0, 0.05) is 38.4 Å². The van der Waals surface area contributed by atoms with Crippen LogP contribution >= 0.6 is 0 Å². The number of rotatable bonds is 6. The van der Waals surface area contributed by atoms with E-state index in [1.54, 1.807) is 0 Å². The number of benzene rings is 6. The van der Waals surface area contributed by atoms with Gasteiger partial charge in [-0.05, 0) is 83.6 Å². The molecule has 0 atom stereocenters. The van der Waals surface area contributed by atoms with Gasteiger partial charge in [-0.1, -0.05) is 121 Å². The van der Waals surface area contributed by atoms with E-state index < -0.39 is 0 Å². The number of fused-ring (bicyclic) bond motifs is 7. The van der Waals surface area contributed by atoms with Gasteiger partial charge in [-0.2, -0.15) is 0 Å². The molecule has 0 spiro atoms. The molecule has 0 amide bonds. The molecule has 0 bridgehead atoms. The summed E-state index contributed by atoms with van der Waals surface area (Å²) in [4.78, 5) is 16.0. The molecule has 0 unspecified atom stereocenters. The zero-order valence-corrected chi connectivity index (χ0v) is 29.1. The lowest BCUT2D eigenvalue weighted by Gasteiger charge is -2.15. The van der Waals surface area contributed by atoms with Crippen molar-refractivity contribution in [1.82, 2.24) is 15.0 Å². The van der Waals surface area contributed by atoms with Crippen LogP contribution in [-0.2, 0) is 6.42 Å². The molecular weight excluding hydrogens is 651 g/mol. The zero-order valence-electron chi connectivity index (χ0n) is 29.1. The van der Waals surface area contributed by atoms with Gasteiger partial charge in [0.25, 0.3) is 0 Å². The normalized spacial score (nSPS) is 13.0. The van der Waals surface area contributed by atoms with Crippen molar-refractivity contribution >= 4 is 55.8 Å². The lowest BCUT2D eigenvalue weighted by molar-refractivity contribution is 0.595. The van der Waals surface area contributed by atoms with Crippen LogP contribution in [0.4, 0.5) is 0 Å². The van der Waals surface area contributed by atoms with Crippen LogP contribution in [0.15, 0.2) is 154 Å². The minimum absolute atomic E-state index is 0.594. The Morgan fingerprint density at radius 3 is 2.02 bits per heavy atom. The van der Waals surface area contributed by atoms with Crippen LogP contribution in [0.25, 0.3) is 101 Å². The third-order valence-corrected chi connectivity index (χ3v) is 10.2. The van der Waals surface area contributed by atoms with E-state index in [0.717, 1.165) is 95.7 Å². The Labute approximate surface area is 306 Å². The van der Waals surface area contributed by atoms with Gasteiger partial charge in [-0.3, -0.25) is 0 Å². The molecule has 0 radical (unpaired) electrons. The van der Waals surface area contributed by atoms with E-state index in [0.29, 0.717) is 17.5 Å². The molecule has 0 saturated carbocycles. The summed E-state index contributed by atoms with van der Waals surface area (Å²) in [5.41, 5.74) is 9.60. The Kier molecular flexibility index (Phi) is 7.43. The third kappa shape index (κ3) is 5.28. The molecule has 252 valence electrons. The molecule has 1 aliphatic rings. The van der Waals surface area contributed by atoms with Crippen LogP contribution in [0.3, 0.4) is 0 Å². The molecule has 3 aromatic heterocycles. The summed E-state index contributed by atoms with van der Waals surface area (Å²) in [5, 5.41) is 5.47. The van der Waals surface area contributed by atoms with E-state index in [1.807, 2.05) is 49.4 Å². The first-order chi connectivity index (χ1) is 26.2. The molecule has 9 aromatic rings. The number of para-hydroxylation sites is 1. The summed E-state index contributed by atoms with van der Waals surface area (Å²) in [6.45, 7) is 2.02. The predicted octanol–water partition coefficient (Wildman–Crippen LogP) is 12.9. The lowest BCUT2D eigenvalue weighted by Crippen LogP contribution is -2.03. The maximum Gasteiger partial charge on any atom is 0.164 e. The smallest absolute Gasteiger partial charge is 0.164 e. The highest BCUT2D eigenvalue weighted by Crippen LogP contribution is 2.42. The van der Waals surface area contributed by atoms with Crippen molar-refractivity contribution in [2.45, 2.75) is 19.8 Å². The highest BCUT2D eigenvalue weighted by Gasteiger charge is 2.23. The van der Waals surface area contributed by atoms with E-state index in [9.17, 15) is 0 Å². The van der Waals surface area contributed by atoms with E-state index in [-0.39, 0.29) is 0 Å². The number of nitrogens with zero attached hydrogens (tertiary/aromatic N) is 3. The van der Waals surface area contributed by atoms with Crippen molar-refractivity contribution < 1.29 is 8.83 Å². The molecule has 53 heavy (non-hydrogen) atoms. The molecule has 0 saturated heterocycles. The molecule has 6 aromatic carbocycles. The zero-order chi connectivity index (χ0) is 35.3. The fourth-order valence-electron chi connectivity index (χ4n) is 7.73. The van der Waals surface area contributed by atoms with E-state index in [4.69, 9.17) is 23.8 Å². The van der Waals surface area contributed by atoms with Crippen molar-refractivity contribution in [2.24, 2.45) is 0 Å². The third-order valence-electron chi connectivity index (χ3n) is 10.2. The number of aromatic nitrogens is 3. The molecule has 5 nitrogen and oxygen atoms in total. The van der Waals surface area contributed by atoms with Gasteiger partial charge in [0.15, 0.2) is 17.5 Å². The summed E-state index contributed by atoms with van der Waals surface area (Å²) < 4.78 is 12.7. The molecule has 5 heteroatoms. The first-order valence-electron chi connectivity index (χ1n) is 18.0. The van der Waals surface area contributed by atoms with Gasteiger partial charge >= 0.3 is 0 Å². The van der Waals surface area contributed by atoms with Crippen molar-refractivity contribution in [3.05, 3.63) is 163 Å². The second kappa shape index (κ2) is 12.7. The molecule has 0 aliphatic heterocycles. The molecule has 3 heterocycles. The minimum Gasteiger partial charge on any atom is -0.456 e. The summed E-state index contributed by atoms with van der Waals surface area (Å²) in [6.07, 6.45) is 14.4. The Balaban J connectivity index is 1.27. The quantitative estimate of drug-likeness (QED) is 0.163. The number of hydrogen-bond donors (Lipinski definition) is 0. The van der Waals surface area contributed by atoms with Gasteiger partial charge in [-0.15, -0.1) is 0 Å². The van der Waals surface area contributed by atoms with Crippen molar-refractivity contribution in [1.29, 1.82) is 0 Å². The summed E-state index contributed by atoms with van der Waals surface area (Å²) in [5.74, 6) is 2.71. The van der Waals surface area contributed by atoms with Gasteiger partial charge < -0.3 is 8.83 Å². The van der Waals surface area contributed by atoms with E-state index in [2.05, 4.69) is 115 Å². The fourth-order valence-corrected chi connectivity index (χ4v) is 7.73. The Morgan fingerprint density at radius 1 is 0.547 bits per heavy atom. The average Bonchev–Trinajstić information content (AvgIpc) is 3.79. The predicted molar refractivity (Wildman–Crippen MR) is 217 cm³/mol. The van der Waals surface area contributed by atoms with Crippen LogP contribution in [0.1, 0.15) is 30.2 Å². The maximum atomic E-state index is 6.37. The van der Waals surface area contributed by atoms with Gasteiger partial charge in [-0.25, -0.2) is 15.0 Å². The van der Waals surface area contributed by atoms with Crippen molar-refractivity contribution in [3.63, 3.8) is 0 Å². The average molecular weight is 684 g/mol. The monoisotopic (exact) mass is 683 g/mol. The minimum atomic E-state index is 0.594. The van der Waals surface area contributed by atoms with Crippen LogP contribution < -0.4 is 0 Å². The highest BCUT2D eigenvalue weighted by atomic mass is 16.3. The number of aryl methyl sites for hydroxylation is 1. The largest absolute Gasteiger partial charge is 0.456 e. The van der Waals surface area contributed by atoms with Crippen LogP contribution in [0.5, 0.6) is 0 Å². The van der Waals surface area contributed by atoms with Crippen molar-refractivity contribution in [2.75, 3.05) is 0 Å². The first kappa shape index (κ1) is 30.9. The maximum absolute atomic E-state index is 6.37. The second-order valence-corrected chi connectivity index (χ2v) is 13.4. The van der Waals surface area contributed by atoms with Gasteiger partial charge in [0.1, 0.15) is 22.5 Å². The topological polar surface area (TPSA) is 65.0 Å². The Morgan fingerprint density at radius 2 is 1.19 bits per heavy atom. The summed E-state index contributed by atoms with van der Waals surface area (Å²) in [6, 6.07) is 41.8. The fraction of sp³-hybridized carbons (Fsp3) is 0.0625. The number of allylic oxidation sites excluding steroid dienone is 4. The molecule has 1 aliphatic carbocycles. The van der Waals surface area contributed by atoms with Crippen LogP contribution in [0.2, 0.25) is 0 Å². The SMILES string of the molecule is C/C=C\C=C/c1cc2ccccc2cc1-c1nc(-c2ccccc2-c2cccc3oc4ccccc4c23)nc(-c2cccc3oc4c(c23)CCC=C4)n1. The number of hydrogen-bond acceptors (Lipinski definition) is 5. The van der Waals surface area contributed by atoms with E-state index >= 15 is 0 Å². The van der Waals surface area contributed by atoms with Crippen LogP contribution in [-0.4, -0.2) is 15.0 Å². The summed E-state index contributed by atoms with van der Waals surface area (Å²) >= 11 is 0. The Hall–Kier alpha value is -6.85.